The Labute approximate surface area is 238 Å². The number of phosphoric ester groups is 1. The molecule has 0 saturated heterocycles. The second-order valence-electron chi connectivity index (χ2n) is 10.8. The van der Waals surface area contributed by atoms with Crippen LogP contribution in [-0.2, 0) is 28.2 Å². The lowest BCUT2D eigenvalue weighted by Crippen LogP contribution is -2.29. The van der Waals surface area contributed by atoms with Gasteiger partial charge in [-0.05, 0) is 12.8 Å². The minimum Gasteiger partial charge on any atom is -0.462 e. The fraction of sp³-hybridized carbons (Fsp3) is 0.933. The summed E-state index contributed by atoms with van der Waals surface area (Å²) in [6.07, 6.45) is 24.9. The van der Waals surface area contributed by atoms with Crippen LogP contribution in [0.3, 0.4) is 0 Å². The number of esters is 2. The number of ether oxygens (including phenoxy) is 2. The van der Waals surface area contributed by atoms with Crippen molar-refractivity contribution >= 4 is 19.8 Å². The van der Waals surface area contributed by atoms with Gasteiger partial charge in [0.1, 0.15) is 6.61 Å². The van der Waals surface area contributed by atoms with Gasteiger partial charge in [0.2, 0.25) is 0 Å². The standard InChI is InChI=1S/C30H59O8P/c1-3-5-7-8-9-10-11-12-13-14-15-16-17-18-19-20-21-23-25-30(32)38-28(27-37-39(33,34)35)26-36-29(31)24-22-6-4-2/h28H,3-27H2,1-2H3,(H2,33,34,35). The first kappa shape index (κ1) is 38.0. The second kappa shape index (κ2) is 27.2. The van der Waals surface area contributed by atoms with Gasteiger partial charge in [-0.2, -0.15) is 0 Å². The summed E-state index contributed by atoms with van der Waals surface area (Å²) < 4.78 is 25.9. The van der Waals surface area contributed by atoms with Gasteiger partial charge in [-0.1, -0.05) is 136 Å². The molecule has 0 saturated carbocycles. The van der Waals surface area contributed by atoms with E-state index < -0.39 is 32.5 Å². The van der Waals surface area contributed by atoms with Crippen molar-refractivity contribution in [1.82, 2.24) is 0 Å². The lowest BCUT2D eigenvalue weighted by molar-refractivity contribution is -0.161. The highest BCUT2D eigenvalue weighted by atomic mass is 31.2. The monoisotopic (exact) mass is 578 g/mol. The molecule has 0 heterocycles. The van der Waals surface area contributed by atoms with Gasteiger partial charge in [-0.25, -0.2) is 4.57 Å². The molecule has 0 aliphatic carbocycles. The van der Waals surface area contributed by atoms with Crippen molar-refractivity contribution in [2.75, 3.05) is 13.2 Å². The van der Waals surface area contributed by atoms with Crippen molar-refractivity contribution in [3.8, 4) is 0 Å². The second-order valence-corrected chi connectivity index (χ2v) is 12.0. The number of unbranched alkanes of at least 4 members (excludes halogenated alkanes) is 19. The van der Waals surface area contributed by atoms with Gasteiger partial charge in [0.15, 0.2) is 6.10 Å². The third kappa shape index (κ3) is 29.8. The maximum Gasteiger partial charge on any atom is 0.469 e. The summed E-state index contributed by atoms with van der Waals surface area (Å²) in [6, 6.07) is 0. The molecule has 1 atom stereocenters. The molecule has 39 heavy (non-hydrogen) atoms. The molecule has 232 valence electrons. The molecule has 8 nitrogen and oxygen atoms in total. The molecule has 9 heteroatoms. The molecule has 0 aromatic rings. The van der Waals surface area contributed by atoms with E-state index in [9.17, 15) is 14.2 Å². The fourth-order valence-electron chi connectivity index (χ4n) is 4.49. The third-order valence-corrected chi connectivity index (χ3v) is 7.36. The van der Waals surface area contributed by atoms with Crippen LogP contribution in [0.4, 0.5) is 0 Å². The van der Waals surface area contributed by atoms with Crippen LogP contribution in [0, 0.1) is 0 Å². The summed E-state index contributed by atoms with van der Waals surface area (Å²) in [7, 11) is -4.72. The summed E-state index contributed by atoms with van der Waals surface area (Å²) in [5.41, 5.74) is 0. The lowest BCUT2D eigenvalue weighted by Gasteiger charge is -2.18. The molecule has 2 N–H and O–H groups in total. The van der Waals surface area contributed by atoms with Crippen LogP contribution in [0.25, 0.3) is 0 Å². The van der Waals surface area contributed by atoms with Crippen molar-refractivity contribution in [2.45, 2.75) is 168 Å². The first-order valence-corrected chi connectivity index (χ1v) is 17.4. The topological polar surface area (TPSA) is 119 Å². The molecule has 0 aromatic heterocycles. The summed E-state index contributed by atoms with van der Waals surface area (Å²) in [4.78, 5) is 41.9. The molecule has 0 aliphatic rings. The van der Waals surface area contributed by atoms with E-state index in [1.807, 2.05) is 6.92 Å². The molecule has 0 aliphatic heterocycles. The average Bonchev–Trinajstić information content (AvgIpc) is 2.89. The van der Waals surface area contributed by atoms with Crippen molar-refractivity contribution in [2.24, 2.45) is 0 Å². The summed E-state index contributed by atoms with van der Waals surface area (Å²) >= 11 is 0. The minimum atomic E-state index is -4.72. The van der Waals surface area contributed by atoms with Crippen LogP contribution in [0.15, 0.2) is 0 Å². The predicted molar refractivity (Wildman–Crippen MR) is 156 cm³/mol. The average molecular weight is 579 g/mol. The Kier molecular flexibility index (Phi) is 26.6. The smallest absolute Gasteiger partial charge is 0.462 e. The fourth-order valence-corrected chi connectivity index (χ4v) is 4.85. The van der Waals surface area contributed by atoms with Crippen LogP contribution < -0.4 is 0 Å². The normalized spacial score (nSPS) is 12.4. The molecule has 0 fully saturated rings. The third-order valence-electron chi connectivity index (χ3n) is 6.88. The van der Waals surface area contributed by atoms with E-state index >= 15 is 0 Å². The van der Waals surface area contributed by atoms with Gasteiger partial charge in [-0.15, -0.1) is 0 Å². The molecule has 0 amide bonds. The first-order chi connectivity index (χ1) is 18.8. The Hall–Kier alpha value is -0.950. The Bertz CT molecular complexity index is 622. The Morgan fingerprint density at radius 2 is 0.923 bits per heavy atom. The SMILES string of the molecule is CCCCCCCCCCCCCCCCCCCCC(=O)OC(COC(=O)CCCCC)COP(=O)(O)O. The quantitative estimate of drug-likeness (QED) is 0.0514. The van der Waals surface area contributed by atoms with Crippen LogP contribution in [0.2, 0.25) is 0 Å². The van der Waals surface area contributed by atoms with Crippen molar-refractivity contribution in [3.63, 3.8) is 0 Å². The number of carbonyl (C=O) groups excluding carboxylic acids is 2. The van der Waals surface area contributed by atoms with E-state index in [0.29, 0.717) is 12.8 Å². The molecule has 0 spiro atoms. The number of hydrogen-bond acceptors (Lipinski definition) is 6. The highest BCUT2D eigenvalue weighted by Gasteiger charge is 2.22. The largest absolute Gasteiger partial charge is 0.469 e. The molecule has 0 rings (SSSR count). The van der Waals surface area contributed by atoms with Gasteiger partial charge in [0, 0.05) is 12.8 Å². The van der Waals surface area contributed by atoms with Crippen LogP contribution in [-0.4, -0.2) is 41.0 Å². The molecular formula is C30H59O8P. The number of carbonyl (C=O) groups is 2. The van der Waals surface area contributed by atoms with E-state index in [1.54, 1.807) is 0 Å². The van der Waals surface area contributed by atoms with Gasteiger partial charge >= 0.3 is 19.8 Å². The number of hydrogen-bond donors (Lipinski definition) is 2. The van der Waals surface area contributed by atoms with E-state index in [2.05, 4.69) is 11.4 Å². The maximum absolute atomic E-state index is 12.2. The zero-order valence-corrected chi connectivity index (χ0v) is 25.9. The first-order valence-electron chi connectivity index (χ1n) is 15.8. The van der Waals surface area contributed by atoms with Gasteiger partial charge in [0.25, 0.3) is 0 Å². The van der Waals surface area contributed by atoms with Crippen LogP contribution in [0.1, 0.15) is 162 Å². The number of rotatable bonds is 29. The minimum absolute atomic E-state index is 0.218. The predicted octanol–water partition coefficient (Wildman–Crippen LogP) is 8.56. The molecule has 0 bridgehead atoms. The van der Waals surface area contributed by atoms with Gasteiger partial charge < -0.3 is 19.3 Å². The highest BCUT2D eigenvalue weighted by molar-refractivity contribution is 7.46. The van der Waals surface area contributed by atoms with Crippen LogP contribution >= 0.6 is 7.82 Å². The summed E-state index contributed by atoms with van der Waals surface area (Å²) in [5, 5.41) is 0. The molecular weight excluding hydrogens is 519 g/mol. The Balaban J connectivity index is 3.77. The van der Waals surface area contributed by atoms with Gasteiger partial charge in [-0.3, -0.25) is 14.1 Å². The van der Waals surface area contributed by atoms with Crippen LogP contribution in [0.5, 0.6) is 0 Å². The molecule has 0 radical (unpaired) electrons. The van der Waals surface area contributed by atoms with E-state index in [1.165, 1.54) is 96.3 Å². The van der Waals surface area contributed by atoms with E-state index in [0.717, 1.165) is 25.7 Å². The molecule has 0 aromatic carbocycles. The Morgan fingerprint density at radius 3 is 1.36 bits per heavy atom. The summed E-state index contributed by atoms with van der Waals surface area (Å²) in [6.45, 7) is 3.48. The van der Waals surface area contributed by atoms with Crippen molar-refractivity contribution in [3.05, 3.63) is 0 Å². The Morgan fingerprint density at radius 1 is 0.564 bits per heavy atom. The van der Waals surface area contributed by atoms with Crippen molar-refractivity contribution < 1.29 is 37.9 Å². The van der Waals surface area contributed by atoms with E-state index in [-0.39, 0.29) is 19.4 Å². The maximum atomic E-state index is 12.2. The zero-order valence-electron chi connectivity index (χ0n) is 25.0. The molecule has 1 unspecified atom stereocenters. The lowest BCUT2D eigenvalue weighted by atomic mass is 10.0. The zero-order chi connectivity index (χ0) is 29.0. The van der Waals surface area contributed by atoms with Gasteiger partial charge in [0.05, 0.1) is 6.61 Å². The number of phosphoric acid groups is 1. The highest BCUT2D eigenvalue weighted by Crippen LogP contribution is 2.35. The van der Waals surface area contributed by atoms with E-state index in [4.69, 9.17) is 19.3 Å². The summed E-state index contributed by atoms with van der Waals surface area (Å²) in [5.74, 6) is -0.906. The van der Waals surface area contributed by atoms with Crippen molar-refractivity contribution in [1.29, 1.82) is 0 Å².